The molecule has 1 amide bonds. The third-order valence-electron chi connectivity index (χ3n) is 3.60. The number of hydrogen-bond donors (Lipinski definition) is 2. The summed E-state index contributed by atoms with van der Waals surface area (Å²) >= 11 is 0. The highest BCUT2D eigenvalue weighted by Gasteiger charge is 2.24. The van der Waals surface area contributed by atoms with Gasteiger partial charge in [0, 0.05) is 19.1 Å². The van der Waals surface area contributed by atoms with E-state index in [0.29, 0.717) is 12.6 Å². The van der Waals surface area contributed by atoms with Gasteiger partial charge in [0.15, 0.2) is 0 Å². The summed E-state index contributed by atoms with van der Waals surface area (Å²) in [5.41, 5.74) is 1.34. The van der Waals surface area contributed by atoms with Crippen molar-refractivity contribution in [1.29, 1.82) is 0 Å². The largest absolute Gasteiger partial charge is 0.353 e. The molecule has 19 heavy (non-hydrogen) atoms. The van der Waals surface area contributed by atoms with Gasteiger partial charge in [0.25, 0.3) is 0 Å². The minimum Gasteiger partial charge on any atom is -0.353 e. The van der Waals surface area contributed by atoms with Crippen LogP contribution in [-0.4, -0.2) is 43.5 Å². The molecule has 1 fully saturated rings. The van der Waals surface area contributed by atoms with Crippen LogP contribution in [0, 0.1) is 0 Å². The lowest BCUT2D eigenvalue weighted by Gasteiger charge is -2.24. The lowest BCUT2D eigenvalue weighted by Crippen LogP contribution is -2.42. The van der Waals surface area contributed by atoms with Gasteiger partial charge >= 0.3 is 0 Å². The maximum absolute atomic E-state index is 11.5. The Morgan fingerprint density at radius 3 is 2.89 bits per heavy atom. The monoisotopic (exact) mass is 261 g/mol. The number of nitrogens with zero attached hydrogens (tertiary/aromatic N) is 1. The Bertz CT molecular complexity index is 394. The van der Waals surface area contributed by atoms with Crippen molar-refractivity contribution >= 4 is 5.91 Å². The second kappa shape index (κ2) is 7.26. The normalized spacial score (nSPS) is 19.5. The molecule has 1 saturated heterocycles. The molecule has 0 aromatic heterocycles. The minimum atomic E-state index is 0.0778. The fourth-order valence-electron chi connectivity index (χ4n) is 2.61. The zero-order valence-corrected chi connectivity index (χ0v) is 11.6. The van der Waals surface area contributed by atoms with Crippen LogP contribution in [0.15, 0.2) is 30.3 Å². The molecule has 2 rings (SSSR count). The minimum absolute atomic E-state index is 0.0778. The fourth-order valence-corrected chi connectivity index (χ4v) is 2.61. The van der Waals surface area contributed by atoms with E-state index < -0.39 is 0 Å². The molecule has 104 valence electrons. The number of likely N-dealkylation sites (N-methyl/N-ethyl adjacent to an activating group) is 1. The lowest BCUT2D eigenvalue weighted by molar-refractivity contribution is -0.120. The molecule has 1 aromatic rings. The lowest BCUT2D eigenvalue weighted by atomic mass is 10.2. The Hall–Kier alpha value is -1.39. The maximum Gasteiger partial charge on any atom is 0.234 e. The molecular weight excluding hydrogens is 238 g/mol. The highest BCUT2D eigenvalue weighted by Crippen LogP contribution is 2.19. The molecule has 4 heteroatoms. The maximum atomic E-state index is 11.5. The van der Waals surface area contributed by atoms with E-state index in [-0.39, 0.29) is 5.91 Å². The number of nitrogens with one attached hydrogen (secondary N) is 2. The van der Waals surface area contributed by atoms with Gasteiger partial charge < -0.3 is 10.6 Å². The quantitative estimate of drug-likeness (QED) is 0.802. The summed E-state index contributed by atoms with van der Waals surface area (Å²) < 4.78 is 0. The van der Waals surface area contributed by atoms with Crippen LogP contribution in [0.25, 0.3) is 0 Å². The number of hydrogen-bond acceptors (Lipinski definition) is 3. The van der Waals surface area contributed by atoms with Crippen LogP contribution < -0.4 is 10.6 Å². The topological polar surface area (TPSA) is 44.4 Å². The first-order valence-electron chi connectivity index (χ1n) is 6.99. The van der Waals surface area contributed by atoms with Gasteiger partial charge in [0.1, 0.15) is 0 Å². The molecule has 0 radical (unpaired) electrons. The Labute approximate surface area is 115 Å². The number of benzene rings is 1. The summed E-state index contributed by atoms with van der Waals surface area (Å²) in [4.78, 5) is 13.9. The second-order valence-electron chi connectivity index (χ2n) is 5.09. The van der Waals surface area contributed by atoms with Crippen molar-refractivity contribution in [2.45, 2.75) is 25.4 Å². The Morgan fingerprint density at radius 2 is 2.16 bits per heavy atom. The average molecular weight is 261 g/mol. The van der Waals surface area contributed by atoms with Crippen molar-refractivity contribution in [2.75, 3.05) is 26.7 Å². The molecule has 4 nitrogen and oxygen atoms in total. The summed E-state index contributed by atoms with van der Waals surface area (Å²) in [6.45, 7) is 3.26. The molecule has 1 atom stereocenters. The van der Waals surface area contributed by atoms with Crippen molar-refractivity contribution in [3.8, 4) is 0 Å². The van der Waals surface area contributed by atoms with E-state index in [9.17, 15) is 4.79 Å². The number of likely N-dealkylation sites (tertiary alicyclic amines) is 1. The van der Waals surface area contributed by atoms with Crippen LogP contribution in [0.5, 0.6) is 0 Å². The van der Waals surface area contributed by atoms with Crippen LogP contribution in [0.1, 0.15) is 18.4 Å². The van der Waals surface area contributed by atoms with Gasteiger partial charge in [-0.05, 0) is 32.0 Å². The van der Waals surface area contributed by atoms with Crippen LogP contribution in [-0.2, 0) is 11.3 Å². The first-order chi connectivity index (χ1) is 9.29. The fraction of sp³-hybridized carbons (Fsp3) is 0.533. The summed E-state index contributed by atoms with van der Waals surface area (Å²) in [7, 11) is 1.79. The Balaban J connectivity index is 1.82. The standard InChI is InChI=1S/C15H23N3O/c1-16-11-15(19)17-10-14-8-5-9-18(14)12-13-6-3-2-4-7-13/h2-4,6-7,14,16H,5,8-12H2,1H3,(H,17,19). The summed E-state index contributed by atoms with van der Waals surface area (Å²) in [5.74, 6) is 0.0778. The summed E-state index contributed by atoms with van der Waals surface area (Å²) in [6, 6.07) is 11.0. The highest BCUT2D eigenvalue weighted by atomic mass is 16.1. The van der Waals surface area contributed by atoms with Crippen LogP contribution in [0.4, 0.5) is 0 Å². The molecular formula is C15H23N3O. The third kappa shape index (κ3) is 4.33. The zero-order valence-electron chi connectivity index (χ0n) is 11.6. The molecule has 1 aliphatic heterocycles. The van der Waals surface area contributed by atoms with E-state index in [4.69, 9.17) is 0 Å². The highest BCUT2D eigenvalue weighted by molar-refractivity contribution is 5.77. The summed E-state index contributed by atoms with van der Waals surface area (Å²) in [6.07, 6.45) is 2.39. The van der Waals surface area contributed by atoms with Gasteiger partial charge in [-0.1, -0.05) is 30.3 Å². The Kier molecular flexibility index (Phi) is 5.36. The number of carbonyl (C=O) groups excluding carboxylic acids is 1. The molecule has 1 aromatic carbocycles. The van der Waals surface area contributed by atoms with E-state index >= 15 is 0 Å². The van der Waals surface area contributed by atoms with Gasteiger partial charge in [-0.25, -0.2) is 0 Å². The van der Waals surface area contributed by atoms with Gasteiger partial charge in [-0.15, -0.1) is 0 Å². The van der Waals surface area contributed by atoms with Crippen molar-refractivity contribution in [3.63, 3.8) is 0 Å². The van der Waals surface area contributed by atoms with E-state index in [2.05, 4.69) is 39.8 Å². The van der Waals surface area contributed by atoms with E-state index in [1.807, 2.05) is 6.07 Å². The molecule has 1 aliphatic rings. The van der Waals surface area contributed by atoms with Crippen LogP contribution in [0.3, 0.4) is 0 Å². The predicted octanol–water partition coefficient (Wildman–Crippen LogP) is 0.987. The van der Waals surface area contributed by atoms with Crippen molar-refractivity contribution in [3.05, 3.63) is 35.9 Å². The van der Waals surface area contributed by atoms with E-state index in [1.54, 1.807) is 7.05 Å². The van der Waals surface area contributed by atoms with Crippen LogP contribution >= 0.6 is 0 Å². The van der Waals surface area contributed by atoms with Gasteiger partial charge in [-0.2, -0.15) is 0 Å². The molecule has 1 unspecified atom stereocenters. The zero-order chi connectivity index (χ0) is 13.5. The smallest absolute Gasteiger partial charge is 0.234 e. The molecule has 1 heterocycles. The van der Waals surface area contributed by atoms with Crippen molar-refractivity contribution in [1.82, 2.24) is 15.5 Å². The van der Waals surface area contributed by atoms with Crippen molar-refractivity contribution in [2.24, 2.45) is 0 Å². The third-order valence-corrected chi connectivity index (χ3v) is 3.60. The predicted molar refractivity (Wildman–Crippen MR) is 76.8 cm³/mol. The molecule has 0 saturated carbocycles. The van der Waals surface area contributed by atoms with E-state index in [1.165, 1.54) is 18.4 Å². The van der Waals surface area contributed by atoms with Crippen LogP contribution in [0.2, 0.25) is 0 Å². The Morgan fingerprint density at radius 1 is 1.37 bits per heavy atom. The summed E-state index contributed by atoms with van der Waals surface area (Å²) in [5, 5.41) is 5.87. The number of rotatable bonds is 6. The average Bonchev–Trinajstić information content (AvgIpc) is 2.85. The molecule has 0 spiro atoms. The first kappa shape index (κ1) is 14.0. The van der Waals surface area contributed by atoms with Gasteiger partial charge in [-0.3, -0.25) is 9.69 Å². The number of amides is 1. The molecule has 0 aliphatic carbocycles. The van der Waals surface area contributed by atoms with E-state index in [0.717, 1.165) is 19.6 Å². The SMILES string of the molecule is CNCC(=O)NCC1CCCN1Cc1ccccc1. The van der Waals surface area contributed by atoms with Crippen molar-refractivity contribution < 1.29 is 4.79 Å². The van der Waals surface area contributed by atoms with Gasteiger partial charge in [0.05, 0.1) is 6.54 Å². The first-order valence-corrected chi connectivity index (χ1v) is 6.99. The second-order valence-corrected chi connectivity index (χ2v) is 5.09. The van der Waals surface area contributed by atoms with Gasteiger partial charge in [0.2, 0.25) is 5.91 Å². The number of carbonyl (C=O) groups is 1. The molecule has 2 N–H and O–H groups in total. The molecule has 0 bridgehead atoms.